The Labute approximate surface area is 142 Å². The van der Waals surface area contributed by atoms with Crippen LogP contribution in [0.3, 0.4) is 0 Å². The Bertz CT molecular complexity index is 894. The van der Waals surface area contributed by atoms with Crippen molar-refractivity contribution in [2.45, 2.75) is 19.6 Å². The van der Waals surface area contributed by atoms with E-state index in [1.807, 2.05) is 25.1 Å². The van der Waals surface area contributed by atoms with Crippen LogP contribution in [-0.2, 0) is 9.53 Å². The molecule has 0 aromatic heterocycles. The molecule has 3 rings (SSSR count). The minimum absolute atomic E-state index is 0.0320. The number of rotatable bonds is 4. The molecule has 0 bridgehead atoms. The standard InChI is InChI=1S/C18H13ClFNO3/c1-10-4-3-5-12(8-10)16-18(21-16,24-11(2)22)17(23)13-6-7-14(19)15(20)9-13/h3-9H,1-2H3. The number of aliphatic imine (C=N–C) groups is 1. The second-order valence-corrected chi connectivity index (χ2v) is 5.93. The number of ether oxygens (including phenoxy) is 1. The molecule has 122 valence electrons. The molecule has 24 heavy (non-hydrogen) atoms. The van der Waals surface area contributed by atoms with E-state index in [2.05, 4.69) is 4.99 Å². The number of benzene rings is 2. The van der Waals surface area contributed by atoms with Gasteiger partial charge in [-0.15, -0.1) is 0 Å². The monoisotopic (exact) mass is 345 g/mol. The molecule has 0 saturated carbocycles. The molecule has 0 saturated heterocycles. The fourth-order valence-corrected chi connectivity index (χ4v) is 2.62. The van der Waals surface area contributed by atoms with Crippen molar-refractivity contribution in [2.75, 3.05) is 0 Å². The minimum atomic E-state index is -1.72. The molecular weight excluding hydrogens is 333 g/mol. The van der Waals surface area contributed by atoms with Gasteiger partial charge in [0.1, 0.15) is 11.5 Å². The Morgan fingerprint density at radius 1 is 1.21 bits per heavy atom. The van der Waals surface area contributed by atoms with Crippen LogP contribution in [0.25, 0.3) is 0 Å². The lowest BCUT2D eigenvalue weighted by molar-refractivity contribution is -0.145. The first kappa shape index (κ1) is 16.3. The van der Waals surface area contributed by atoms with Gasteiger partial charge in [0.25, 0.3) is 0 Å². The molecule has 4 nitrogen and oxygen atoms in total. The van der Waals surface area contributed by atoms with Crippen LogP contribution in [0.1, 0.15) is 28.4 Å². The van der Waals surface area contributed by atoms with Crippen molar-refractivity contribution >= 4 is 29.1 Å². The molecule has 0 N–H and O–H groups in total. The molecule has 1 heterocycles. The number of carbonyl (C=O) groups is 2. The highest BCUT2D eigenvalue weighted by Crippen LogP contribution is 2.38. The number of carbonyl (C=O) groups excluding carboxylic acids is 2. The summed E-state index contributed by atoms with van der Waals surface area (Å²) in [5.74, 6) is -1.98. The van der Waals surface area contributed by atoms with Crippen LogP contribution in [-0.4, -0.2) is 23.2 Å². The van der Waals surface area contributed by atoms with Crippen LogP contribution in [0.4, 0.5) is 4.39 Å². The SMILES string of the molecule is CC(=O)OC1(C(=O)c2ccc(Cl)c(F)c2)N=C1c1cccc(C)c1. The van der Waals surface area contributed by atoms with Gasteiger partial charge in [-0.25, -0.2) is 9.38 Å². The van der Waals surface area contributed by atoms with Crippen molar-refractivity contribution in [1.29, 1.82) is 0 Å². The number of esters is 1. The van der Waals surface area contributed by atoms with Gasteiger partial charge in [-0.05, 0) is 31.2 Å². The van der Waals surface area contributed by atoms with Crippen molar-refractivity contribution in [3.8, 4) is 0 Å². The summed E-state index contributed by atoms with van der Waals surface area (Å²) in [5.41, 5.74) is 0.314. The molecule has 0 amide bonds. The van der Waals surface area contributed by atoms with Crippen molar-refractivity contribution in [3.63, 3.8) is 0 Å². The summed E-state index contributed by atoms with van der Waals surface area (Å²) in [6, 6.07) is 11.0. The Kier molecular flexibility index (Phi) is 3.97. The molecule has 0 fully saturated rings. The number of hydrogen-bond donors (Lipinski definition) is 0. The fraction of sp³-hybridized carbons (Fsp3) is 0.167. The summed E-state index contributed by atoms with van der Waals surface area (Å²) >= 11 is 5.64. The quantitative estimate of drug-likeness (QED) is 0.626. The predicted octanol–water partition coefficient (Wildman–Crippen LogP) is 3.73. The van der Waals surface area contributed by atoms with Gasteiger partial charge in [0.2, 0.25) is 5.78 Å². The number of nitrogens with zero attached hydrogens (tertiary/aromatic N) is 1. The first-order chi connectivity index (χ1) is 11.3. The predicted molar refractivity (Wildman–Crippen MR) is 88.0 cm³/mol. The van der Waals surface area contributed by atoms with Crippen LogP contribution in [0, 0.1) is 12.7 Å². The molecule has 0 spiro atoms. The van der Waals surface area contributed by atoms with Crippen LogP contribution < -0.4 is 0 Å². The number of Topliss-reactive ketones (excluding diaryl/α,β-unsaturated/α-hetero) is 1. The van der Waals surface area contributed by atoms with Crippen molar-refractivity contribution < 1.29 is 18.7 Å². The molecule has 0 radical (unpaired) electrons. The van der Waals surface area contributed by atoms with E-state index in [0.29, 0.717) is 11.3 Å². The molecule has 0 aliphatic carbocycles. The molecule has 6 heteroatoms. The van der Waals surface area contributed by atoms with E-state index in [0.717, 1.165) is 11.6 Å². The minimum Gasteiger partial charge on any atom is -0.423 e. The van der Waals surface area contributed by atoms with Gasteiger partial charge in [-0.1, -0.05) is 35.4 Å². The number of halogens is 2. The Hall–Kier alpha value is -2.53. The van der Waals surface area contributed by atoms with E-state index >= 15 is 0 Å². The van der Waals surface area contributed by atoms with Gasteiger partial charge in [-0.2, -0.15) is 0 Å². The lowest BCUT2D eigenvalue weighted by atomic mass is 9.98. The van der Waals surface area contributed by atoms with Gasteiger partial charge in [0.05, 0.1) is 5.02 Å². The highest BCUT2D eigenvalue weighted by molar-refractivity contribution is 6.34. The number of aryl methyl sites for hydroxylation is 1. The fourth-order valence-electron chi connectivity index (χ4n) is 2.50. The van der Waals surface area contributed by atoms with Crippen LogP contribution in [0.2, 0.25) is 5.02 Å². The first-order valence-electron chi connectivity index (χ1n) is 7.20. The molecule has 1 unspecified atom stereocenters. The van der Waals surface area contributed by atoms with Gasteiger partial charge < -0.3 is 4.74 Å². The summed E-state index contributed by atoms with van der Waals surface area (Å²) < 4.78 is 18.8. The zero-order chi connectivity index (χ0) is 17.5. The lowest BCUT2D eigenvalue weighted by Gasteiger charge is -2.15. The smallest absolute Gasteiger partial charge is 0.310 e. The first-order valence-corrected chi connectivity index (χ1v) is 7.58. The largest absolute Gasteiger partial charge is 0.423 e. The maximum atomic E-state index is 13.7. The van der Waals surface area contributed by atoms with Gasteiger partial charge >= 0.3 is 11.7 Å². The van der Waals surface area contributed by atoms with E-state index in [-0.39, 0.29) is 10.6 Å². The zero-order valence-electron chi connectivity index (χ0n) is 13.0. The second-order valence-electron chi connectivity index (χ2n) is 5.53. The summed E-state index contributed by atoms with van der Waals surface area (Å²) in [5, 5.41) is -0.0938. The lowest BCUT2D eigenvalue weighted by Crippen LogP contribution is -2.36. The van der Waals surface area contributed by atoms with E-state index < -0.39 is 23.3 Å². The molecule has 1 aliphatic heterocycles. The molecule has 2 aromatic rings. The van der Waals surface area contributed by atoms with Crippen molar-refractivity contribution in [3.05, 3.63) is 70.0 Å². The molecular formula is C18H13ClFNO3. The Morgan fingerprint density at radius 3 is 2.58 bits per heavy atom. The molecule has 1 atom stereocenters. The van der Waals surface area contributed by atoms with Crippen LogP contribution in [0.15, 0.2) is 47.5 Å². The third-order valence-electron chi connectivity index (χ3n) is 3.61. The molecule has 2 aromatic carbocycles. The van der Waals surface area contributed by atoms with E-state index in [4.69, 9.17) is 16.3 Å². The average Bonchev–Trinajstić information content (AvgIpc) is 3.24. The second kappa shape index (κ2) is 5.83. The Balaban J connectivity index is 1.98. The average molecular weight is 346 g/mol. The summed E-state index contributed by atoms with van der Waals surface area (Å²) in [6.45, 7) is 3.09. The van der Waals surface area contributed by atoms with Crippen molar-refractivity contribution in [2.24, 2.45) is 4.99 Å². The normalized spacial score (nSPS) is 18.8. The highest BCUT2D eigenvalue weighted by atomic mass is 35.5. The summed E-state index contributed by atoms with van der Waals surface area (Å²) in [6.07, 6.45) is 0. The van der Waals surface area contributed by atoms with Gasteiger partial charge in [0, 0.05) is 18.1 Å². The summed E-state index contributed by atoms with van der Waals surface area (Å²) in [7, 11) is 0. The zero-order valence-corrected chi connectivity index (χ0v) is 13.7. The maximum Gasteiger partial charge on any atom is 0.310 e. The molecule has 1 aliphatic rings. The van der Waals surface area contributed by atoms with Crippen LogP contribution >= 0.6 is 11.6 Å². The summed E-state index contributed by atoms with van der Waals surface area (Å²) in [4.78, 5) is 28.4. The van der Waals surface area contributed by atoms with Crippen LogP contribution in [0.5, 0.6) is 0 Å². The van der Waals surface area contributed by atoms with Gasteiger partial charge in [0.15, 0.2) is 0 Å². The van der Waals surface area contributed by atoms with E-state index in [9.17, 15) is 14.0 Å². The van der Waals surface area contributed by atoms with E-state index in [1.165, 1.54) is 19.1 Å². The Morgan fingerprint density at radius 2 is 1.96 bits per heavy atom. The number of hydrogen-bond acceptors (Lipinski definition) is 4. The topological polar surface area (TPSA) is 55.7 Å². The van der Waals surface area contributed by atoms with Crippen molar-refractivity contribution in [1.82, 2.24) is 0 Å². The maximum absolute atomic E-state index is 13.7. The highest BCUT2D eigenvalue weighted by Gasteiger charge is 2.58. The van der Waals surface area contributed by atoms with E-state index in [1.54, 1.807) is 6.07 Å². The van der Waals surface area contributed by atoms with Gasteiger partial charge in [-0.3, -0.25) is 9.59 Å². The third-order valence-corrected chi connectivity index (χ3v) is 3.92. The third kappa shape index (κ3) is 2.83. The number of ketones is 1.